The van der Waals surface area contributed by atoms with E-state index < -0.39 is 0 Å². The summed E-state index contributed by atoms with van der Waals surface area (Å²) in [7, 11) is 0. The second kappa shape index (κ2) is 4.16. The van der Waals surface area contributed by atoms with Crippen LogP contribution in [0.15, 0.2) is 0 Å². The Kier molecular flexibility index (Phi) is 3.46. The van der Waals surface area contributed by atoms with Gasteiger partial charge in [0.2, 0.25) is 0 Å². The Morgan fingerprint density at radius 1 is 1.50 bits per heavy atom. The third-order valence-corrected chi connectivity index (χ3v) is 2.29. The lowest BCUT2D eigenvalue weighted by molar-refractivity contribution is 0.314. The first kappa shape index (κ1) is 8.31. The van der Waals surface area contributed by atoms with Crippen molar-refractivity contribution in [3.8, 4) is 0 Å². The maximum Gasteiger partial charge on any atom is 0.0320 e. The van der Waals surface area contributed by atoms with Crippen molar-refractivity contribution < 1.29 is 0 Å². The van der Waals surface area contributed by atoms with Crippen LogP contribution in [-0.2, 0) is 0 Å². The van der Waals surface area contributed by atoms with Crippen LogP contribution in [0.5, 0.6) is 0 Å². The molecular weight excluding hydrogens is 148 g/mol. The second-order valence-electron chi connectivity index (χ2n) is 3.02. The molecule has 0 bridgehead atoms. The molecule has 3 heteroatoms. The van der Waals surface area contributed by atoms with Gasteiger partial charge in [-0.3, -0.25) is 0 Å². The van der Waals surface area contributed by atoms with E-state index in [0.29, 0.717) is 6.04 Å². The summed E-state index contributed by atoms with van der Waals surface area (Å²) >= 11 is 5.45. The molecule has 60 valence electrons. The maximum atomic E-state index is 5.45. The van der Waals surface area contributed by atoms with E-state index in [1.165, 1.54) is 25.9 Å². The fourth-order valence-electron chi connectivity index (χ4n) is 1.39. The first-order chi connectivity index (χ1) is 4.83. The minimum absolute atomic E-state index is 0.416. The van der Waals surface area contributed by atoms with E-state index in [9.17, 15) is 0 Å². The van der Waals surface area contributed by atoms with Crippen LogP contribution in [-0.4, -0.2) is 30.6 Å². The fraction of sp³-hybridized carbons (Fsp3) is 1.00. The van der Waals surface area contributed by atoms with Gasteiger partial charge in [0, 0.05) is 12.6 Å². The molecular formula is C7H15ClN2. The van der Waals surface area contributed by atoms with E-state index in [0.717, 1.165) is 6.54 Å². The molecule has 1 atom stereocenters. The highest BCUT2D eigenvalue weighted by molar-refractivity contribution is 6.13. The molecule has 1 fully saturated rings. The maximum absolute atomic E-state index is 5.45. The normalized spacial score (nSPS) is 23.4. The van der Waals surface area contributed by atoms with Crippen molar-refractivity contribution in [3.63, 3.8) is 0 Å². The Balaban J connectivity index is 2.11. The van der Waals surface area contributed by atoms with Crippen LogP contribution in [0.1, 0.15) is 19.8 Å². The Labute approximate surface area is 67.6 Å². The van der Waals surface area contributed by atoms with Crippen LogP contribution >= 0.6 is 11.8 Å². The smallest absolute Gasteiger partial charge is 0.0320 e. The molecule has 0 unspecified atom stereocenters. The minimum atomic E-state index is 0.416. The van der Waals surface area contributed by atoms with Crippen LogP contribution in [0.3, 0.4) is 0 Å². The van der Waals surface area contributed by atoms with Gasteiger partial charge in [-0.1, -0.05) is 0 Å². The van der Waals surface area contributed by atoms with Gasteiger partial charge in [0.1, 0.15) is 0 Å². The molecule has 1 rings (SSSR count). The van der Waals surface area contributed by atoms with Crippen molar-refractivity contribution in [2.24, 2.45) is 0 Å². The van der Waals surface area contributed by atoms with E-state index in [1.807, 2.05) is 0 Å². The van der Waals surface area contributed by atoms with Crippen LogP contribution in [0.2, 0.25) is 0 Å². The summed E-state index contributed by atoms with van der Waals surface area (Å²) in [6, 6.07) is 0.416. The summed E-state index contributed by atoms with van der Waals surface area (Å²) in [6.07, 6.45) is 2.71. The highest BCUT2D eigenvalue weighted by atomic mass is 35.5. The predicted molar refractivity (Wildman–Crippen MR) is 44.1 cm³/mol. The molecule has 1 N–H and O–H groups in total. The van der Waals surface area contributed by atoms with Gasteiger partial charge in [0.05, 0.1) is 0 Å². The number of halogens is 1. The molecule has 1 aliphatic heterocycles. The van der Waals surface area contributed by atoms with Crippen LogP contribution in [0.4, 0.5) is 0 Å². The van der Waals surface area contributed by atoms with Gasteiger partial charge >= 0.3 is 0 Å². The lowest BCUT2D eigenvalue weighted by atomic mass is 10.3. The van der Waals surface area contributed by atoms with Gasteiger partial charge in [-0.15, -0.1) is 0 Å². The number of nitrogens with zero attached hydrogens (tertiary/aromatic N) is 1. The Morgan fingerprint density at radius 3 is 2.60 bits per heavy atom. The number of hydrogen-bond acceptors (Lipinski definition) is 2. The zero-order valence-electron chi connectivity index (χ0n) is 6.44. The van der Waals surface area contributed by atoms with Crippen molar-refractivity contribution in [1.82, 2.24) is 9.74 Å². The number of hydrogen-bond donors (Lipinski definition) is 1. The zero-order valence-corrected chi connectivity index (χ0v) is 7.19. The highest BCUT2D eigenvalue weighted by Crippen LogP contribution is 2.07. The Bertz CT molecular complexity index is 91.6. The standard InChI is InChI=1S/C7H15ClN2/c1-7(9-8)6-10-4-2-3-5-10/h7,9H,2-6H2,1H3/t7-/m0/s1. The van der Waals surface area contributed by atoms with Crippen molar-refractivity contribution in [3.05, 3.63) is 0 Å². The molecule has 1 heterocycles. The summed E-state index contributed by atoms with van der Waals surface area (Å²) in [6.45, 7) is 5.70. The van der Waals surface area contributed by atoms with Gasteiger partial charge in [0.15, 0.2) is 0 Å². The van der Waals surface area contributed by atoms with Crippen LogP contribution < -0.4 is 4.84 Å². The largest absolute Gasteiger partial charge is 0.302 e. The van der Waals surface area contributed by atoms with E-state index in [4.69, 9.17) is 11.8 Å². The lowest BCUT2D eigenvalue weighted by Gasteiger charge is -2.18. The summed E-state index contributed by atoms with van der Waals surface area (Å²) in [5.41, 5.74) is 0. The molecule has 0 radical (unpaired) electrons. The Hall–Kier alpha value is 0.210. The molecule has 0 aromatic heterocycles. The third-order valence-electron chi connectivity index (χ3n) is 1.92. The lowest BCUT2D eigenvalue weighted by Crippen LogP contribution is -2.33. The molecule has 10 heavy (non-hydrogen) atoms. The SMILES string of the molecule is C[C@@H](CN1CCCC1)NCl. The van der Waals surface area contributed by atoms with Gasteiger partial charge in [-0.05, 0) is 44.6 Å². The molecule has 1 aliphatic rings. The van der Waals surface area contributed by atoms with Gasteiger partial charge in [-0.2, -0.15) is 0 Å². The molecule has 1 saturated heterocycles. The molecule has 0 aliphatic carbocycles. The van der Waals surface area contributed by atoms with Crippen molar-refractivity contribution in [2.45, 2.75) is 25.8 Å². The first-order valence-corrected chi connectivity index (χ1v) is 4.29. The summed E-state index contributed by atoms with van der Waals surface area (Å²) in [5, 5.41) is 0. The number of rotatable bonds is 3. The van der Waals surface area contributed by atoms with E-state index in [2.05, 4.69) is 16.7 Å². The summed E-state index contributed by atoms with van der Waals surface area (Å²) in [4.78, 5) is 5.17. The third kappa shape index (κ3) is 2.45. The first-order valence-electron chi connectivity index (χ1n) is 3.91. The Morgan fingerprint density at radius 2 is 2.10 bits per heavy atom. The van der Waals surface area contributed by atoms with E-state index in [-0.39, 0.29) is 0 Å². The van der Waals surface area contributed by atoms with Crippen molar-refractivity contribution in [1.29, 1.82) is 0 Å². The van der Waals surface area contributed by atoms with Gasteiger partial charge in [0.25, 0.3) is 0 Å². The number of likely N-dealkylation sites (tertiary alicyclic amines) is 1. The molecule has 0 aromatic carbocycles. The molecule has 0 aromatic rings. The zero-order chi connectivity index (χ0) is 7.40. The minimum Gasteiger partial charge on any atom is -0.302 e. The number of nitrogens with one attached hydrogen (secondary N) is 1. The van der Waals surface area contributed by atoms with Crippen molar-refractivity contribution in [2.75, 3.05) is 19.6 Å². The average molecular weight is 163 g/mol. The van der Waals surface area contributed by atoms with Crippen molar-refractivity contribution >= 4 is 11.8 Å². The summed E-state index contributed by atoms with van der Waals surface area (Å²) in [5.74, 6) is 0. The van der Waals surface area contributed by atoms with Gasteiger partial charge < -0.3 is 4.90 Å². The van der Waals surface area contributed by atoms with E-state index in [1.54, 1.807) is 0 Å². The van der Waals surface area contributed by atoms with Gasteiger partial charge in [-0.25, -0.2) is 4.84 Å². The fourth-order valence-corrected chi connectivity index (χ4v) is 1.46. The second-order valence-corrected chi connectivity index (χ2v) is 3.24. The molecule has 0 saturated carbocycles. The molecule has 0 spiro atoms. The molecule has 2 nitrogen and oxygen atoms in total. The topological polar surface area (TPSA) is 15.3 Å². The van der Waals surface area contributed by atoms with Crippen LogP contribution in [0.25, 0.3) is 0 Å². The quantitative estimate of drug-likeness (QED) is 0.628. The van der Waals surface area contributed by atoms with Crippen LogP contribution in [0, 0.1) is 0 Å². The van der Waals surface area contributed by atoms with E-state index >= 15 is 0 Å². The molecule has 0 amide bonds. The summed E-state index contributed by atoms with van der Waals surface area (Å²) < 4.78 is 0. The average Bonchev–Trinajstić information content (AvgIpc) is 2.40. The highest BCUT2D eigenvalue weighted by Gasteiger charge is 2.13. The monoisotopic (exact) mass is 162 g/mol. The predicted octanol–water partition coefficient (Wildman–Crippen LogP) is 1.21.